The average molecular weight is 331 g/mol. The van der Waals surface area contributed by atoms with E-state index in [1.807, 2.05) is 6.92 Å². The fourth-order valence-corrected chi connectivity index (χ4v) is 2.80. The molecule has 0 radical (unpaired) electrons. The highest BCUT2D eigenvalue weighted by atomic mass is 35.5. The molecule has 1 unspecified atom stereocenters. The molecule has 21 heavy (non-hydrogen) atoms. The maximum Gasteiger partial charge on any atom is 0.321 e. The van der Waals surface area contributed by atoms with E-state index in [1.54, 1.807) is 18.2 Å². The van der Waals surface area contributed by atoms with E-state index in [2.05, 4.69) is 5.32 Å². The topological polar surface area (TPSA) is 69.6 Å². The Bertz CT molecular complexity index is 579. The van der Waals surface area contributed by atoms with Crippen molar-refractivity contribution in [3.8, 4) is 0 Å². The van der Waals surface area contributed by atoms with Crippen LogP contribution in [0.3, 0.4) is 0 Å². The molecule has 0 spiro atoms. The zero-order valence-corrected chi connectivity index (χ0v) is 13.0. The number of hydrogen-bond donors (Lipinski definition) is 2. The Morgan fingerprint density at radius 2 is 2.14 bits per heavy atom. The number of likely N-dealkylation sites (tertiary alicyclic amines) is 1. The van der Waals surface area contributed by atoms with Crippen molar-refractivity contribution in [1.29, 1.82) is 0 Å². The molecule has 2 rings (SSSR count). The highest BCUT2D eigenvalue weighted by molar-refractivity contribution is 6.43. The molecule has 114 valence electrons. The Hall–Kier alpha value is -1.46. The molecule has 7 heteroatoms. The first-order chi connectivity index (χ1) is 9.89. The Morgan fingerprint density at radius 1 is 1.43 bits per heavy atom. The van der Waals surface area contributed by atoms with Gasteiger partial charge in [-0.2, -0.15) is 0 Å². The maximum atomic E-state index is 12.2. The lowest BCUT2D eigenvalue weighted by atomic mass is 9.84. The second-order valence-corrected chi connectivity index (χ2v) is 5.93. The van der Waals surface area contributed by atoms with Crippen LogP contribution < -0.4 is 5.32 Å². The summed E-state index contributed by atoms with van der Waals surface area (Å²) >= 11 is 11.9. The molecular formula is C14H16Cl2N2O3. The first-order valence-corrected chi connectivity index (χ1v) is 7.38. The minimum absolute atomic E-state index is 0.197. The van der Waals surface area contributed by atoms with Crippen LogP contribution >= 0.6 is 23.2 Å². The molecule has 2 N–H and O–H groups in total. The van der Waals surface area contributed by atoms with Gasteiger partial charge in [-0.15, -0.1) is 0 Å². The predicted molar refractivity (Wildman–Crippen MR) is 82.0 cm³/mol. The fourth-order valence-electron chi connectivity index (χ4n) is 2.45. The van der Waals surface area contributed by atoms with Crippen LogP contribution in [-0.2, 0) is 4.79 Å². The van der Waals surface area contributed by atoms with Gasteiger partial charge in [0.15, 0.2) is 0 Å². The summed E-state index contributed by atoms with van der Waals surface area (Å²) in [6.45, 7) is 2.43. The Morgan fingerprint density at radius 3 is 2.71 bits per heavy atom. The quantitative estimate of drug-likeness (QED) is 0.887. The maximum absolute atomic E-state index is 12.2. The number of carbonyl (C=O) groups excluding carboxylic acids is 1. The number of rotatable bonds is 3. The number of urea groups is 1. The van der Waals surface area contributed by atoms with Crippen LogP contribution in [0.15, 0.2) is 18.2 Å². The third-order valence-electron chi connectivity index (χ3n) is 3.96. The van der Waals surface area contributed by atoms with E-state index < -0.39 is 11.4 Å². The fraction of sp³-hybridized carbons (Fsp3) is 0.429. The number of hydrogen-bond acceptors (Lipinski definition) is 2. The summed E-state index contributed by atoms with van der Waals surface area (Å²) in [7, 11) is 0. The van der Waals surface area contributed by atoms with Crippen molar-refractivity contribution in [2.75, 3.05) is 18.4 Å². The summed E-state index contributed by atoms with van der Waals surface area (Å²) < 4.78 is 0. The Labute approximate surface area is 132 Å². The van der Waals surface area contributed by atoms with Gasteiger partial charge in [-0.1, -0.05) is 36.2 Å². The summed E-state index contributed by atoms with van der Waals surface area (Å²) in [6.07, 6.45) is 0.944. The Kier molecular flexibility index (Phi) is 4.64. The third kappa shape index (κ3) is 3.09. The second-order valence-electron chi connectivity index (χ2n) is 5.14. The molecule has 1 atom stereocenters. The van der Waals surface area contributed by atoms with Crippen LogP contribution in [0.4, 0.5) is 10.5 Å². The van der Waals surface area contributed by atoms with Gasteiger partial charge in [0.2, 0.25) is 0 Å². The highest BCUT2D eigenvalue weighted by Gasteiger charge is 2.44. The zero-order chi connectivity index (χ0) is 15.6. The van der Waals surface area contributed by atoms with Crippen molar-refractivity contribution >= 4 is 40.9 Å². The Balaban J connectivity index is 2.09. The zero-order valence-electron chi connectivity index (χ0n) is 11.5. The van der Waals surface area contributed by atoms with Gasteiger partial charge in [-0.3, -0.25) is 4.79 Å². The molecule has 0 bridgehead atoms. The van der Waals surface area contributed by atoms with Crippen LogP contribution in [0.1, 0.15) is 19.8 Å². The minimum Gasteiger partial charge on any atom is -0.481 e. The van der Waals surface area contributed by atoms with Gasteiger partial charge in [0.25, 0.3) is 0 Å². The van der Waals surface area contributed by atoms with Gasteiger partial charge in [0.1, 0.15) is 0 Å². The first kappa shape index (κ1) is 15.9. The molecule has 0 saturated carbocycles. The molecule has 1 aromatic carbocycles. The van der Waals surface area contributed by atoms with Crippen molar-refractivity contribution in [2.24, 2.45) is 5.41 Å². The number of halogens is 2. The molecule has 1 saturated heterocycles. The molecule has 1 heterocycles. The lowest BCUT2D eigenvalue weighted by Crippen LogP contribution is -2.38. The van der Waals surface area contributed by atoms with Crippen molar-refractivity contribution in [3.05, 3.63) is 28.2 Å². The number of carbonyl (C=O) groups is 2. The highest BCUT2D eigenvalue weighted by Crippen LogP contribution is 2.35. The van der Waals surface area contributed by atoms with Crippen molar-refractivity contribution in [2.45, 2.75) is 19.8 Å². The van der Waals surface area contributed by atoms with Crippen LogP contribution in [0, 0.1) is 5.41 Å². The molecule has 2 amide bonds. The third-order valence-corrected chi connectivity index (χ3v) is 4.78. The normalized spacial score (nSPS) is 21.4. The van der Waals surface area contributed by atoms with Crippen LogP contribution in [-0.4, -0.2) is 35.1 Å². The molecule has 0 aliphatic carbocycles. The minimum atomic E-state index is -0.860. The van der Waals surface area contributed by atoms with Gasteiger partial charge >= 0.3 is 12.0 Å². The van der Waals surface area contributed by atoms with Gasteiger partial charge in [-0.25, -0.2) is 4.79 Å². The summed E-state index contributed by atoms with van der Waals surface area (Å²) in [5.41, 5.74) is -0.436. The monoisotopic (exact) mass is 330 g/mol. The van der Waals surface area contributed by atoms with Gasteiger partial charge in [0, 0.05) is 13.1 Å². The second kappa shape index (κ2) is 6.12. The van der Waals surface area contributed by atoms with Gasteiger partial charge in [-0.05, 0) is 25.0 Å². The first-order valence-electron chi connectivity index (χ1n) is 6.63. The molecule has 1 fully saturated rings. The molecule has 5 nitrogen and oxygen atoms in total. The summed E-state index contributed by atoms with van der Waals surface area (Å²) in [5.74, 6) is -0.860. The van der Waals surface area contributed by atoms with E-state index in [9.17, 15) is 14.7 Å². The average Bonchev–Trinajstić information content (AvgIpc) is 2.90. The van der Waals surface area contributed by atoms with E-state index in [4.69, 9.17) is 23.2 Å². The number of nitrogens with zero attached hydrogens (tertiary/aromatic N) is 1. The number of carboxylic acid groups (broad SMARTS) is 1. The summed E-state index contributed by atoms with van der Waals surface area (Å²) in [4.78, 5) is 25.1. The largest absolute Gasteiger partial charge is 0.481 e. The van der Waals surface area contributed by atoms with E-state index in [0.29, 0.717) is 30.1 Å². The molecular weight excluding hydrogens is 315 g/mol. The van der Waals surface area contributed by atoms with Crippen molar-refractivity contribution in [1.82, 2.24) is 4.90 Å². The predicted octanol–water partition coefficient (Wildman–Crippen LogP) is 3.71. The van der Waals surface area contributed by atoms with E-state index in [0.717, 1.165) is 0 Å². The number of carboxylic acids is 1. The standard InChI is InChI=1S/C14H16Cl2N2O3/c1-2-14(12(19)20)6-7-18(8-14)13(21)17-10-5-3-4-9(15)11(10)16/h3-5H,2,6-8H2,1H3,(H,17,21)(H,19,20). The van der Waals surface area contributed by atoms with E-state index in [1.165, 1.54) is 4.90 Å². The smallest absolute Gasteiger partial charge is 0.321 e. The number of amides is 2. The van der Waals surface area contributed by atoms with E-state index in [-0.39, 0.29) is 17.6 Å². The summed E-state index contributed by atoms with van der Waals surface area (Å²) in [5, 5.41) is 12.6. The molecule has 1 aliphatic heterocycles. The number of aliphatic carboxylic acids is 1. The van der Waals surface area contributed by atoms with Crippen LogP contribution in [0.5, 0.6) is 0 Å². The van der Waals surface area contributed by atoms with Crippen molar-refractivity contribution < 1.29 is 14.7 Å². The SMILES string of the molecule is CCC1(C(=O)O)CCN(C(=O)Nc2cccc(Cl)c2Cl)C1. The van der Waals surface area contributed by atoms with Crippen LogP contribution in [0.25, 0.3) is 0 Å². The number of anilines is 1. The lowest BCUT2D eigenvalue weighted by Gasteiger charge is -2.23. The van der Waals surface area contributed by atoms with Crippen molar-refractivity contribution in [3.63, 3.8) is 0 Å². The number of nitrogens with one attached hydrogen (secondary N) is 1. The van der Waals surface area contributed by atoms with Gasteiger partial charge < -0.3 is 15.3 Å². The molecule has 1 aliphatic rings. The van der Waals surface area contributed by atoms with Gasteiger partial charge in [0.05, 0.1) is 21.1 Å². The van der Waals surface area contributed by atoms with E-state index >= 15 is 0 Å². The summed E-state index contributed by atoms with van der Waals surface area (Å²) in [6, 6.07) is 4.59. The molecule has 0 aromatic heterocycles. The lowest BCUT2D eigenvalue weighted by molar-refractivity contribution is -0.148. The molecule has 1 aromatic rings. The van der Waals surface area contributed by atoms with Crippen LogP contribution in [0.2, 0.25) is 10.0 Å². The number of benzene rings is 1.